The van der Waals surface area contributed by atoms with E-state index >= 15 is 0 Å². The van der Waals surface area contributed by atoms with Gasteiger partial charge in [0.2, 0.25) is 0 Å². The summed E-state index contributed by atoms with van der Waals surface area (Å²) < 4.78 is 2.55. The molecule has 1 nitrogen and oxygen atoms in total. The summed E-state index contributed by atoms with van der Waals surface area (Å²) in [4.78, 5) is 0. The first-order valence-corrected chi connectivity index (χ1v) is 6.63. The van der Waals surface area contributed by atoms with Crippen molar-refractivity contribution in [1.29, 1.82) is 0 Å². The van der Waals surface area contributed by atoms with Crippen molar-refractivity contribution in [2.45, 2.75) is 26.3 Å². The normalized spacial score (nSPS) is 18.1. The summed E-state index contributed by atoms with van der Waals surface area (Å²) in [7, 11) is 0. The van der Waals surface area contributed by atoms with Gasteiger partial charge in [-0.1, -0.05) is 34.1 Å². The topological polar surface area (TPSA) is 0 Å². The van der Waals surface area contributed by atoms with Crippen LogP contribution in [0.2, 0.25) is 0 Å². The molecule has 0 N–H and O–H groups in total. The second-order valence-electron chi connectivity index (χ2n) is 4.56. The van der Waals surface area contributed by atoms with Crippen molar-refractivity contribution < 1.29 is 28.5 Å². The van der Waals surface area contributed by atoms with Gasteiger partial charge in [0.15, 0.2) is 0 Å². The maximum Gasteiger partial charge on any atom is 0.105 e. The number of rotatable bonds is 3. The van der Waals surface area contributed by atoms with Crippen LogP contribution in [0.4, 0.5) is 0 Å². The number of benzene rings is 1. The van der Waals surface area contributed by atoms with E-state index in [2.05, 4.69) is 47.1 Å². The number of likely N-dealkylation sites (tertiary alicyclic amines) is 1. The molecule has 90 valence electrons. The Kier molecular flexibility index (Phi) is 5.74. The Bertz CT molecular complexity index is 334. The molecule has 0 saturated carbocycles. The SMILES string of the molecule is CC[N+]1(Cc2ccccc2Br)CCCC1.[I-]. The predicted molar refractivity (Wildman–Crippen MR) is 67.6 cm³/mol. The molecular formula is C13H19BrIN. The third-order valence-electron chi connectivity index (χ3n) is 3.65. The van der Waals surface area contributed by atoms with Crippen LogP contribution in [0.15, 0.2) is 28.7 Å². The first-order valence-electron chi connectivity index (χ1n) is 5.84. The number of nitrogens with zero attached hydrogens (tertiary/aromatic N) is 1. The van der Waals surface area contributed by atoms with Gasteiger partial charge in [-0.05, 0) is 13.0 Å². The standard InChI is InChI=1S/C13H19BrN.HI/c1-2-15(9-5-6-10-15)11-12-7-3-4-8-13(12)14;/h3-4,7-8H,2,5-6,9-11H2,1H3;1H/q+1;/p-1. The molecule has 1 saturated heterocycles. The first-order chi connectivity index (χ1) is 7.26. The highest BCUT2D eigenvalue weighted by Crippen LogP contribution is 2.26. The third-order valence-corrected chi connectivity index (χ3v) is 4.42. The third kappa shape index (κ3) is 3.20. The lowest BCUT2D eigenvalue weighted by Crippen LogP contribution is -3.00. The van der Waals surface area contributed by atoms with Crippen molar-refractivity contribution in [2.75, 3.05) is 19.6 Å². The minimum absolute atomic E-state index is 0. The molecule has 1 aromatic carbocycles. The molecule has 1 heterocycles. The molecule has 0 spiro atoms. The smallest absolute Gasteiger partial charge is 0.105 e. The van der Waals surface area contributed by atoms with Crippen LogP contribution in [0, 0.1) is 0 Å². The summed E-state index contributed by atoms with van der Waals surface area (Å²) in [6, 6.07) is 8.63. The summed E-state index contributed by atoms with van der Waals surface area (Å²) in [6.45, 7) is 7.50. The molecule has 0 bridgehead atoms. The van der Waals surface area contributed by atoms with E-state index < -0.39 is 0 Å². The summed E-state index contributed by atoms with van der Waals surface area (Å²) in [5, 5.41) is 0. The Morgan fingerprint density at radius 3 is 2.38 bits per heavy atom. The van der Waals surface area contributed by atoms with Crippen LogP contribution in [-0.2, 0) is 6.54 Å². The van der Waals surface area contributed by atoms with Crippen molar-refractivity contribution >= 4 is 15.9 Å². The lowest BCUT2D eigenvalue weighted by atomic mass is 10.2. The van der Waals surface area contributed by atoms with E-state index in [0.29, 0.717) is 0 Å². The number of quaternary nitrogens is 1. The molecule has 0 unspecified atom stereocenters. The molecular weight excluding hydrogens is 377 g/mol. The Hall–Kier alpha value is 0.390. The molecule has 16 heavy (non-hydrogen) atoms. The molecule has 3 heteroatoms. The molecule has 1 fully saturated rings. The lowest BCUT2D eigenvalue weighted by molar-refractivity contribution is -0.928. The van der Waals surface area contributed by atoms with Crippen molar-refractivity contribution in [3.63, 3.8) is 0 Å². The molecule has 0 radical (unpaired) electrons. The fourth-order valence-electron chi connectivity index (χ4n) is 2.58. The number of hydrogen-bond acceptors (Lipinski definition) is 0. The van der Waals surface area contributed by atoms with E-state index in [1.165, 1.54) is 53.5 Å². The van der Waals surface area contributed by atoms with Crippen LogP contribution in [0.25, 0.3) is 0 Å². The minimum Gasteiger partial charge on any atom is -1.00 e. The summed E-state index contributed by atoms with van der Waals surface area (Å²) in [5.41, 5.74) is 1.46. The highest BCUT2D eigenvalue weighted by Gasteiger charge is 2.30. The van der Waals surface area contributed by atoms with E-state index in [1.54, 1.807) is 0 Å². The van der Waals surface area contributed by atoms with Crippen molar-refractivity contribution in [2.24, 2.45) is 0 Å². The minimum atomic E-state index is 0. The van der Waals surface area contributed by atoms with Gasteiger partial charge in [-0.3, -0.25) is 0 Å². The number of hydrogen-bond donors (Lipinski definition) is 0. The number of halogens is 2. The van der Waals surface area contributed by atoms with Crippen LogP contribution < -0.4 is 24.0 Å². The zero-order chi connectivity index (χ0) is 10.7. The molecule has 0 atom stereocenters. The van der Waals surface area contributed by atoms with E-state index in [1.807, 2.05) is 0 Å². The van der Waals surface area contributed by atoms with Crippen LogP contribution in [0.3, 0.4) is 0 Å². The summed E-state index contributed by atoms with van der Waals surface area (Å²) in [6.07, 6.45) is 2.80. The van der Waals surface area contributed by atoms with Gasteiger partial charge in [0.1, 0.15) is 6.54 Å². The van der Waals surface area contributed by atoms with E-state index in [-0.39, 0.29) is 24.0 Å². The average Bonchev–Trinajstić information content (AvgIpc) is 2.71. The molecule has 1 aliphatic rings. The van der Waals surface area contributed by atoms with E-state index in [0.717, 1.165) is 0 Å². The van der Waals surface area contributed by atoms with E-state index in [9.17, 15) is 0 Å². The summed E-state index contributed by atoms with van der Waals surface area (Å²) in [5.74, 6) is 0. The van der Waals surface area contributed by atoms with Gasteiger partial charge in [-0.2, -0.15) is 0 Å². The van der Waals surface area contributed by atoms with Gasteiger partial charge in [-0.25, -0.2) is 0 Å². The van der Waals surface area contributed by atoms with Gasteiger partial charge in [0.05, 0.1) is 19.6 Å². The maximum absolute atomic E-state index is 3.65. The molecule has 1 aromatic rings. The lowest BCUT2D eigenvalue weighted by Gasteiger charge is -2.33. The zero-order valence-corrected chi connectivity index (χ0v) is 13.5. The van der Waals surface area contributed by atoms with Crippen LogP contribution >= 0.6 is 15.9 Å². The highest BCUT2D eigenvalue weighted by molar-refractivity contribution is 9.10. The first kappa shape index (κ1) is 14.5. The Morgan fingerprint density at radius 2 is 1.81 bits per heavy atom. The molecule has 0 aromatic heterocycles. The van der Waals surface area contributed by atoms with Gasteiger partial charge in [-0.15, -0.1) is 0 Å². The monoisotopic (exact) mass is 395 g/mol. The Labute approximate surface area is 124 Å². The van der Waals surface area contributed by atoms with E-state index in [4.69, 9.17) is 0 Å². The molecule has 0 aliphatic carbocycles. The Morgan fingerprint density at radius 1 is 1.19 bits per heavy atom. The largest absolute Gasteiger partial charge is 1.00 e. The highest BCUT2D eigenvalue weighted by atomic mass is 127. The van der Waals surface area contributed by atoms with Gasteiger partial charge < -0.3 is 28.5 Å². The van der Waals surface area contributed by atoms with Gasteiger partial charge in [0, 0.05) is 22.9 Å². The molecule has 0 amide bonds. The average molecular weight is 396 g/mol. The second kappa shape index (κ2) is 6.36. The van der Waals surface area contributed by atoms with Crippen molar-refractivity contribution in [3.8, 4) is 0 Å². The summed E-state index contributed by atoms with van der Waals surface area (Å²) >= 11 is 3.65. The van der Waals surface area contributed by atoms with Gasteiger partial charge in [0.25, 0.3) is 0 Å². The van der Waals surface area contributed by atoms with Crippen molar-refractivity contribution in [1.82, 2.24) is 0 Å². The van der Waals surface area contributed by atoms with Crippen LogP contribution in [0.1, 0.15) is 25.3 Å². The quantitative estimate of drug-likeness (QED) is 0.519. The second-order valence-corrected chi connectivity index (χ2v) is 5.42. The maximum atomic E-state index is 3.65. The van der Waals surface area contributed by atoms with Crippen LogP contribution in [0.5, 0.6) is 0 Å². The van der Waals surface area contributed by atoms with Crippen LogP contribution in [-0.4, -0.2) is 24.1 Å². The fourth-order valence-corrected chi connectivity index (χ4v) is 2.99. The predicted octanol–water partition coefficient (Wildman–Crippen LogP) is 0.584. The van der Waals surface area contributed by atoms with Gasteiger partial charge >= 0.3 is 0 Å². The molecule has 1 aliphatic heterocycles. The van der Waals surface area contributed by atoms with Crippen molar-refractivity contribution in [3.05, 3.63) is 34.3 Å². The fraction of sp³-hybridized carbons (Fsp3) is 0.538. The molecule has 2 rings (SSSR count). The zero-order valence-electron chi connectivity index (χ0n) is 9.76. The Balaban J connectivity index is 0.00000128.